The van der Waals surface area contributed by atoms with E-state index >= 15 is 0 Å². The Balaban J connectivity index is 2.41. The number of hydrogen-bond acceptors (Lipinski definition) is 4. The van der Waals surface area contributed by atoms with Gasteiger partial charge in [-0.2, -0.15) is 0 Å². The second-order valence-corrected chi connectivity index (χ2v) is 5.17. The molecule has 0 unspecified atom stereocenters. The quantitative estimate of drug-likeness (QED) is 0.477. The van der Waals surface area contributed by atoms with Gasteiger partial charge in [0.1, 0.15) is 0 Å². The lowest BCUT2D eigenvalue weighted by Crippen LogP contribution is -2.03. The van der Waals surface area contributed by atoms with Gasteiger partial charge in [0.15, 0.2) is 0 Å². The van der Waals surface area contributed by atoms with Crippen molar-refractivity contribution in [2.45, 2.75) is 0 Å². The van der Waals surface area contributed by atoms with Gasteiger partial charge in [-0.1, -0.05) is 0 Å². The molecule has 2 aromatic rings. The van der Waals surface area contributed by atoms with Gasteiger partial charge in [-0.05, 0) is 52.9 Å². The summed E-state index contributed by atoms with van der Waals surface area (Å²) in [6.07, 6.45) is 0. The minimum atomic E-state index is -1.15. The SMILES string of the molecule is O=C(O)c1ccc([N+](=O)[O-])cc1Nc1ccc(I)cc1. The van der Waals surface area contributed by atoms with Crippen molar-refractivity contribution in [1.82, 2.24) is 0 Å². The van der Waals surface area contributed by atoms with Gasteiger partial charge in [-0.25, -0.2) is 4.79 Å². The lowest BCUT2D eigenvalue weighted by Gasteiger charge is -2.09. The average molecular weight is 384 g/mol. The molecule has 6 nitrogen and oxygen atoms in total. The molecule has 7 heteroatoms. The molecule has 0 aromatic heterocycles. The highest BCUT2D eigenvalue weighted by Crippen LogP contribution is 2.26. The van der Waals surface area contributed by atoms with E-state index in [1.54, 1.807) is 12.1 Å². The first-order chi connectivity index (χ1) is 9.47. The van der Waals surface area contributed by atoms with Crippen molar-refractivity contribution in [3.8, 4) is 0 Å². The normalized spacial score (nSPS) is 10.1. The number of benzene rings is 2. The highest BCUT2D eigenvalue weighted by molar-refractivity contribution is 14.1. The van der Waals surface area contributed by atoms with Gasteiger partial charge >= 0.3 is 5.97 Å². The molecule has 0 aliphatic carbocycles. The minimum absolute atomic E-state index is 0.0193. The molecule has 0 atom stereocenters. The summed E-state index contributed by atoms with van der Waals surface area (Å²) in [7, 11) is 0. The molecule has 0 heterocycles. The van der Waals surface area contributed by atoms with Crippen molar-refractivity contribution >= 4 is 45.6 Å². The van der Waals surface area contributed by atoms with E-state index in [9.17, 15) is 14.9 Å². The molecule has 2 rings (SSSR count). The van der Waals surface area contributed by atoms with E-state index < -0.39 is 10.9 Å². The van der Waals surface area contributed by atoms with E-state index in [0.717, 1.165) is 3.57 Å². The molecule has 0 spiro atoms. The molecule has 0 fully saturated rings. The molecule has 0 aliphatic rings. The number of carboxylic acid groups (broad SMARTS) is 1. The molecule has 102 valence electrons. The molecule has 0 amide bonds. The molecular weight excluding hydrogens is 375 g/mol. The van der Waals surface area contributed by atoms with E-state index in [4.69, 9.17) is 5.11 Å². The number of aromatic carboxylic acids is 1. The van der Waals surface area contributed by atoms with Crippen LogP contribution in [-0.4, -0.2) is 16.0 Å². The maximum Gasteiger partial charge on any atom is 0.337 e. The monoisotopic (exact) mass is 384 g/mol. The predicted octanol–water partition coefficient (Wildman–Crippen LogP) is 3.64. The molecule has 0 bridgehead atoms. The molecule has 0 saturated carbocycles. The van der Waals surface area contributed by atoms with Crippen molar-refractivity contribution in [2.24, 2.45) is 0 Å². The second kappa shape index (κ2) is 5.87. The topological polar surface area (TPSA) is 92.5 Å². The van der Waals surface area contributed by atoms with Crippen LogP contribution in [0.25, 0.3) is 0 Å². The first-order valence-electron chi connectivity index (χ1n) is 5.51. The second-order valence-electron chi connectivity index (χ2n) is 3.92. The summed E-state index contributed by atoms with van der Waals surface area (Å²) >= 11 is 2.15. The van der Waals surface area contributed by atoms with Crippen LogP contribution >= 0.6 is 22.6 Å². The largest absolute Gasteiger partial charge is 0.478 e. The third-order valence-corrected chi connectivity index (χ3v) is 3.29. The Labute approximate surface area is 127 Å². The minimum Gasteiger partial charge on any atom is -0.478 e. The van der Waals surface area contributed by atoms with Crippen LogP contribution in [-0.2, 0) is 0 Å². The number of rotatable bonds is 4. The number of nitrogens with zero attached hydrogens (tertiary/aromatic N) is 1. The number of nitro groups is 1. The van der Waals surface area contributed by atoms with Crippen LogP contribution in [0, 0.1) is 13.7 Å². The number of carboxylic acids is 1. The Kier molecular flexibility index (Phi) is 4.18. The molecular formula is C13H9IN2O4. The number of halogens is 1. The van der Waals surface area contributed by atoms with Gasteiger partial charge in [0, 0.05) is 21.4 Å². The molecule has 0 radical (unpaired) electrons. The molecule has 0 aliphatic heterocycles. The predicted molar refractivity (Wildman–Crippen MR) is 82.5 cm³/mol. The van der Waals surface area contributed by atoms with E-state index in [2.05, 4.69) is 27.9 Å². The van der Waals surface area contributed by atoms with E-state index in [1.807, 2.05) is 12.1 Å². The molecule has 0 saturated heterocycles. The van der Waals surface area contributed by atoms with Crippen LogP contribution in [0.2, 0.25) is 0 Å². The molecule has 20 heavy (non-hydrogen) atoms. The third kappa shape index (κ3) is 3.23. The van der Waals surface area contributed by atoms with Crippen molar-refractivity contribution in [1.29, 1.82) is 0 Å². The summed E-state index contributed by atoms with van der Waals surface area (Å²) in [5, 5.41) is 22.8. The fraction of sp³-hybridized carbons (Fsp3) is 0. The van der Waals surface area contributed by atoms with Crippen LogP contribution in [0.15, 0.2) is 42.5 Å². The van der Waals surface area contributed by atoms with Crippen LogP contribution in [0.4, 0.5) is 17.1 Å². The highest BCUT2D eigenvalue weighted by atomic mass is 127. The van der Waals surface area contributed by atoms with Crippen molar-refractivity contribution < 1.29 is 14.8 Å². The average Bonchev–Trinajstić information content (AvgIpc) is 2.41. The lowest BCUT2D eigenvalue weighted by molar-refractivity contribution is -0.384. The van der Waals surface area contributed by atoms with Gasteiger partial charge in [0.05, 0.1) is 16.2 Å². The van der Waals surface area contributed by atoms with Crippen LogP contribution < -0.4 is 5.32 Å². The summed E-state index contributed by atoms with van der Waals surface area (Å²) in [5.74, 6) is -1.15. The number of anilines is 2. The van der Waals surface area contributed by atoms with Crippen molar-refractivity contribution in [3.05, 3.63) is 61.7 Å². The smallest absolute Gasteiger partial charge is 0.337 e. The first kappa shape index (κ1) is 14.3. The standard InChI is InChI=1S/C13H9IN2O4/c14-8-1-3-9(4-2-8)15-12-7-10(16(19)20)5-6-11(12)13(17)18/h1-7,15H,(H,17,18). The number of nitro benzene ring substituents is 1. The summed E-state index contributed by atoms with van der Waals surface area (Å²) in [6, 6.07) is 10.8. The van der Waals surface area contributed by atoms with Crippen LogP contribution in [0.3, 0.4) is 0 Å². The van der Waals surface area contributed by atoms with Crippen LogP contribution in [0.1, 0.15) is 10.4 Å². The molecule has 2 aromatic carbocycles. The number of non-ortho nitro benzene ring substituents is 1. The van der Waals surface area contributed by atoms with Gasteiger partial charge in [0.25, 0.3) is 5.69 Å². The maximum absolute atomic E-state index is 11.1. The zero-order valence-corrected chi connectivity index (χ0v) is 12.2. The third-order valence-electron chi connectivity index (χ3n) is 2.57. The Morgan fingerprint density at radius 3 is 2.40 bits per heavy atom. The van der Waals surface area contributed by atoms with Gasteiger partial charge in [-0.15, -0.1) is 0 Å². The Morgan fingerprint density at radius 1 is 1.20 bits per heavy atom. The van der Waals surface area contributed by atoms with E-state index in [0.29, 0.717) is 5.69 Å². The highest BCUT2D eigenvalue weighted by Gasteiger charge is 2.15. The zero-order valence-electron chi connectivity index (χ0n) is 10.0. The van der Waals surface area contributed by atoms with E-state index in [1.165, 1.54) is 18.2 Å². The maximum atomic E-state index is 11.1. The number of carbonyl (C=O) groups is 1. The summed E-state index contributed by atoms with van der Waals surface area (Å²) in [4.78, 5) is 21.3. The Bertz CT molecular complexity index is 671. The first-order valence-corrected chi connectivity index (χ1v) is 6.59. The number of nitrogens with one attached hydrogen (secondary N) is 1. The fourth-order valence-electron chi connectivity index (χ4n) is 1.62. The Morgan fingerprint density at radius 2 is 1.85 bits per heavy atom. The fourth-order valence-corrected chi connectivity index (χ4v) is 1.98. The number of hydrogen-bond donors (Lipinski definition) is 2. The zero-order chi connectivity index (χ0) is 14.7. The van der Waals surface area contributed by atoms with Gasteiger partial charge in [-0.3, -0.25) is 10.1 Å². The van der Waals surface area contributed by atoms with Gasteiger partial charge < -0.3 is 10.4 Å². The van der Waals surface area contributed by atoms with Crippen molar-refractivity contribution in [2.75, 3.05) is 5.32 Å². The summed E-state index contributed by atoms with van der Waals surface area (Å²) in [6.45, 7) is 0. The molecule has 2 N–H and O–H groups in total. The van der Waals surface area contributed by atoms with Crippen LogP contribution in [0.5, 0.6) is 0 Å². The lowest BCUT2D eigenvalue weighted by atomic mass is 10.1. The van der Waals surface area contributed by atoms with E-state index in [-0.39, 0.29) is 16.9 Å². The summed E-state index contributed by atoms with van der Waals surface area (Å²) in [5.41, 5.74) is 0.665. The Hall–Kier alpha value is -2.16. The summed E-state index contributed by atoms with van der Waals surface area (Å²) < 4.78 is 1.03. The van der Waals surface area contributed by atoms with Gasteiger partial charge in [0.2, 0.25) is 0 Å². The van der Waals surface area contributed by atoms with Crippen molar-refractivity contribution in [3.63, 3.8) is 0 Å².